The van der Waals surface area contributed by atoms with Gasteiger partial charge in [0.15, 0.2) is 10.6 Å². The van der Waals surface area contributed by atoms with E-state index in [0.29, 0.717) is 56.5 Å². The average molecular weight is 447 g/mol. The van der Waals surface area contributed by atoms with Gasteiger partial charge in [-0.1, -0.05) is 29.8 Å². The molecule has 0 radical (unpaired) electrons. The van der Waals surface area contributed by atoms with Crippen LogP contribution in [-0.4, -0.2) is 89.4 Å². The largest absolute Gasteiger partial charge is 0.385 e. The predicted octanol–water partition coefficient (Wildman–Crippen LogP) is 1.21. The van der Waals surface area contributed by atoms with Crippen LogP contribution in [0.5, 0.6) is 0 Å². The third-order valence-corrected chi connectivity index (χ3v) is 5.61. The quantitative estimate of drug-likeness (QED) is 0.444. The highest BCUT2D eigenvalue weighted by Crippen LogP contribution is 2.18. The molecule has 1 fully saturated rings. The number of amides is 2. The molecule has 0 unspecified atom stereocenters. The maximum absolute atomic E-state index is 12.9. The number of carbonyl (C=O) groups excluding carboxylic acids is 2. The van der Waals surface area contributed by atoms with Gasteiger partial charge in [0.1, 0.15) is 6.54 Å². The normalized spacial score (nSPS) is 14.6. The molecule has 10 heteroatoms. The van der Waals surface area contributed by atoms with Crippen molar-refractivity contribution in [1.82, 2.24) is 29.9 Å². The lowest BCUT2D eigenvalue weighted by Gasteiger charge is -2.34. The summed E-state index contributed by atoms with van der Waals surface area (Å²) in [6.07, 6.45) is 0.797. The van der Waals surface area contributed by atoms with Gasteiger partial charge < -0.3 is 15.0 Å². The number of hydrogen-bond donors (Lipinski definition) is 2. The van der Waals surface area contributed by atoms with Gasteiger partial charge in [-0.15, -0.1) is 0 Å². The Hall–Kier alpha value is -2.56. The lowest BCUT2D eigenvalue weighted by Crippen LogP contribution is -2.51. The molecule has 31 heavy (non-hydrogen) atoms. The minimum absolute atomic E-state index is 0.00307. The molecule has 1 aliphatic heterocycles. The molecule has 168 valence electrons. The Morgan fingerprint density at radius 2 is 1.87 bits per heavy atom. The molecule has 1 aromatic carbocycles. The number of aryl methyl sites for hydroxylation is 1. The van der Waals surface area contributed by atoms with E-state index in [9.17, 15) is 9.59 Å². The number of nitrogens with zero attached hydrogens (tertiary/aromatic N) is 4. The summed E-state index contributed by atoms with van der Waals surface area (Å²) < 4.78 is 7.14. The first-order valence-electron chi connectivity index (χ1n) is 10.5. The Morgan fingerprint density at radius 3 is 2.55 bits per heavy atom. The summed E-state index contributed by atoms with van der Waals surface area (Å²) in [5, 5.41) is 10.00. The number of H-pyrrole nitrogens is 1. The number of rotatable bonds is 9. The van der Waals surface area contributed by atoms with Crippen LogP contribution in [0.25, 0.3) is 11.4 Å². The molecule has 1 aromatic heterocycles. The third kappa shape index (κ3) is 6.46. The average Bonchev–Trinajstić information content (AvgIpc) is 3.12. The van der Waals surface area contributed by atoms with Crippen molar-refractivity contribution in [2.45, 2.75) is 19.9 Å². The molecule has 2 amide bonds. The van der Waals surface area contributed by atoms with E-state index < -0.39 is 0 Å². The van der Waals surface area contributed by atoms with Crippen LogP contribution < -0.4 is 5.32 Å². The molecule has 0 aliphatic carbocycles. The molecule has 0 spiro atoms. The van der Waals surface area contributed by atoms with Gasteiger partial charge in [-0.2, -0.15) is 5.10 Å². The molecule has 2 N–H and O–H groups in total. The molecular weight excluding hydrogens is 416 g/mol. The second-order valence-corrected chi connectivity index (χ2v) is 8.04. The van der Waals surface area contributed by atoms with Crippen LogP contribution >= 0.6 is 12.2 Å². The molecule has 3 rings (SSSR count). The van der Waals surface area contributed by atoms with Gasteiger partial charge in [0.05, 0.1) is 6.54 Å². The van der Waals surface area contributed by atoms with Crippen LogP contribution in [0.4, 0.5) is 0 Å². The van der Waals surface area contributed by atoms with Crippen molar-refractivity contribution in [2.24, 2.45) is 0 Å². The Balaban J connectivity index is 1.51. The molecule has 2 heterocycles. The number of hydrogen-bond acceptors (Lipinski definition) is 6. The van der Waals surface area contributed by atoms with E-state index in [1.165, 1.54) is 0 Å². The van der Waals surface area contributed by atoms with Crippen molar-refractivity contribution in [3.05, 3.63) is 34.6 Å². The number of methoxy groups -OCH3 is 1. The van der Waals surface area contributed by atoms with Crippen LogP contribution in [-0.2, 0) is 20.9 Å². The first kappa shape index (κ1) is 23.1. The Morgan fingerprint density at radius 1 is 1.16 bits per heavy atom. The molecule has 9 nitrogen and oxygen atoms in total. The van der Waals surface area contributed by atoms with Gasteiger partial charge in [0, 0.05) is 52.0 Å². The van der Waals surface area contributed by atoms with Crippen LogP contribution in [0.15, 0.2) is 24.3 Å². The van der Waals surface area contributed by atoms with Crippen LogP contribution in [0.2, 0.25) is 0 Å². The lowest BCUT2D eigenvalue weighted by molar-refractivity contribution is -0.133. The number of ether oxygens (including phenoxy) is 1. The number of piperazine rings is 1. The van der Waals surface area contributed by atoms with Crippen LogP contribution in [0.1, 0.15) is 12.0 Å². The SMILES string of the molecule is COCCCNC(=O)CN1CCN(C(=O)Cn2c(-c3ccc(C)cc3)n[nH]c2=S)CC1. The lowest BCUT2D eigenvalue weighted by atomic mass is 10.1. The minimum atomic E-state index is -0.00507. The first-order valence-corrected chi connectivity index (χ1v) is 10.9. The number of nitrogens with one attached hydrogen (secondary N) is 2. The highest BCUT2D eigenvalue weighted by molar-refractivity contribution is 7.71. The topological polar surface area (TPSA) is 95.5 Å². The molecule has 1 aliphatic rings. The zero-order chi connectivity index (χ0) is 22.2. The van der Waals surface area contributed by atoms with E-state index in [2.05, 4.69) is 20.4 Å². The highest BCUT2D eigenvalue weighted by Gasteiger charge is 2.23. The second-order valence-electron chi connectivity index (χ2n) is 7.66. The van der Waals surface area contributed by atoms with E-state index in [4.69, 9.17) is 17.0 Å². The maximum Gasteiger partial charge on any atom is 0.242 e. The number of carbonyl (C=O) groups is 2. The second kappa shape index (κ2) is 11.2. The summed E-state index contributed by atoms with van der Waals surface area (Å²) in [6, 6.07) is 7.96. The molecule has 0 atom stereocenters. The van der Waals surface area contributed by atoms with Gasteiger partial charge in [-0.25, -0.2) is 0 Å². The monoisotopic (exact) mass is 446 g/mol. The summed E-state index contributed by atoms with van der Waals surface area (Å²) in [5.41, 5.74) is 2.06. The fourth-order valence-corrected chi connectivity index (χ4v) is 3.68. The van der Waals surface area contributed by atoms with Gasteiger partial charge in [-0.05, 0) is 25.6 Å². The summed E-state index contributed by atoms with van der Waals surface area (Å²) in [6.45, 7) is 6.25. The maximum atomic E-state index is 12.9. The summed E-state index contributed by atoms with van der Waals surface area (Å²) >= 11 is 5.35. The van der Waals surface area contributed by atoms with Crippen molar-refractivity contribution in [2.75, 3.05) is 53.0 Å². The summed E-state index contributed by atoms with van der Waals surface area (Å²) in [5.74, 6) is 0.653. The zero-order valence-electron chi connectivity index (χ0n) is 18.1. The summed E-state index contributed by atoms with van der Waals surface area (Å²) in [4.78, 5) is 28.8. The summed E-state index contributed by atoms with van der Waals surface area (Å²) in [7, 11) is 1.65. The number of aromatic amines is 1. The molecular formula is C21H30N6O3S. The van der Waals surface area contributed by atoms with Crippen LogP contribution in [0, 0.1) is 11.7 Å². The first-order chi connectivity index (χ1) is 15.0. The van der Waals surface area contributed by atoms with E-state index in [1.54, 1.807) is 11.7 Å². The standard InChI is InChI=1S/C21H30N6O3S/c1-16-4-6-17(7-5-16)20-23-24-21(31)27(20)15-19(29)26-11-9-25(10-12-26)14-18(28)22-8-3-13-30-2/h4-7H,3,8-15H2,1-2H3,(H,22,28)(H,24,31). The van der Waals surface area contributed by atoms with Crippen molar-refractivity contribution in [3.8, 4) is 11.4 Å². The van der Waals surface area contributed by atoms with Gasteiger partial charge in [0.2, 0.25) is 11.8 Å². The molecule has 1 saturated heterocycles. The highest BCUT2D eigenvalue weighted by atomic mass is 32.1. The van der Waals surface area contributed by atoms with Gasteiger partial charge in [-0.3, -0.25) is 24.2 Å². The van der Waals surface area contributed by atoms with Crippen molar-refractivity contribution < 1.29 is 14.3 Å². The third-order valence-electron chi connectivity index (χ3n) is 5.30. The molecule has 0 saturated carbocycles. The van der Waals surface area contributed by atoms with Gasteiger partial charge in [0.25, 0.3) is 0 Å². The fraction of sp³-hybridized carbons (Fsp3) is 0.524. The molecule has 0 bridgehead atoms. The van der Waals surface area contributed by atoms with Crippen molar-refractivity contribution >= 4 is 24.0 Å². The Labute approximate surface area is 187 Å². The molecule has 2 aromatic rings. The van der Waals surface area contributed by atoms with Crippen molar-refractivity contribution in [3.63, 3.8) is 0 Å². The fourth-order valence-electron chi connectivity index (χ4n) is 3.48. The number of benzene rings is 1. The van der Waals surface area contributed by atoms with E-state index in [1.807, 2.05) is 36.1 Å². The van der Waals surface area contributed by atoms with E-state index in [0.717, 1.165) is 17.5 Å². The zero-order valence-corrected chi connectivity index (χ0v) is 18.9. The van der Waals surface area contributed by atoms with E-state index in [-0.39, 0.29) is 18.4 Å². The smallest absolute Gasteiger partial charge is 0.242 e. The predicted molar refractivity (Wildman–Crippen MR) is 120 cm³/mol. The van der Waals surface area contributed by atoms with E-state index >= 15 is 0 Å². The van der Waals surface area contributed by atoms with Crippen LogP contribution in [0.3, 0.4) is 0 Å². The van der Waals surface area contributed by atoms with Gasteiger partial charge >= 0.3 is 0 Å². The Bertz CT molecular complexity index is 931. The van der Waals surface area contributed by atoms with Crippen molar-refractivity contribution in [1.29, 1.82) is 0 Å². The Kier molecular flexibility index (Phi) is 8.33. The minimum Gasteiger partial charge on any atom is -0.385 e. The number of aromatic nitrogens is 3.